The number of nitrogens with zero attached hydrogens (tertiary/aromatic N) is 7. The summed E-state index contributed by atoms with van der Waals surface area (Å²) < 4.78 is 14.0. The Kier molecular flexibility index (Phi) is 4.53. The van der Waals surface area contributed by atoms with Gasteiger partial charge in [-0.1, -0.05) is 0 Å². The van der Waals surface area contributed by atoms with Crippen LogP contribution < -0.4 is 10.2 Å². The molecule has 2 aliphatic rings. The van der Waals surface area contributed by atoms with Crippen molar-refractivity contribution in [2.45, 2.75) is 12.5 Å². The molecule has 10 heteroatoms. The van der Waals surface area contributed by atoms with Crippen LogP contribution in [0.5, 0.6) is 0 Å². The van der Waals surface area contributed by atoms with Crippen LogP contribution in [0.25, 0.3) is 5.69 Å². The van der Waals surface area contributed by atoms with E-state index in [2.05, 4.69) is 30.4 Å². The second-order valence-corrected chi connectivity index (χ2v) is 7.51. The SMILES string of the molecule is CNc1cc(N2CC3CCN(C(=O)c4cc(F)ccc4-n4nccn4)C[C@@H]32)ncn1. The van der Waals surface area contributed by atoms with Crippen LogP contribution in [0.15, 0.2) is 43.0 Å². The van der Waals surface area contributed by atoms with Gasteiger partial charge in [-0.2, -0.15) is 15.0 Å². The molecule has 0 radical (unpaired) electrons. The van der Waals surface area contributed by atoms with Gasteiger partial charge in [0.2, 0.25) is 0 Å². The number of likely N-dealkylation sites (tertiary alicyclic amines) is 1. The molecule has 2 aromatic heterocycles. The quantitative estimate of drug-likeness (QED) is 0.701. The Labute approximate surface area is 172 Å². The summed E-state index contributed by atoms with van der Waals surface area (Å²) in [4.78, 5) is 27.2. The number of nitrogens with one attached hydrogen (secondary N) is 1. The van der Waals surface area contributed by atoms with Crippen molar-refractivity contribution >= 4 is 17.5 Å². The summed E-state index contributed by atoms with van der Waals surface area (Å²) in [7, 11) is 1.82. The van der Waals surface area contributed by atoms with Gasteiger partial charge in [0.1, 0.15) is 23.8 Å². The van der Waals surface area contributed by atoms with E-state index in [0.29, 0.717) is 24.7 Å². The van der Waals surface area contributed by atoms with Crippen molar-refractivity contribution < 1.29 is 9.18 Å². The molecule has 0 aliphatic carbocycles. The molecular formula is C20H21FN8O. The zero-order chi connectivity index (χ0) is 20.7. The Morgan fingerprint density at radius 2 is 2.00 bits per heavy atom. The number of aromatic nitrogens is 5. The first-order valence-electron chi connectivity index (χ1n) is 9.86. The van der Waals surface area contributed by atoms with Gasteiger partial charge in [-0.25, -0.2) is 14.4 Å². The topological polar surface area (TPSA) is 92.1 Å². The van der Waals surface area contributed by atoms with Gasteiger partial charge >= 0.3 is 0 Å². The first kappa shape index (κ1) is 18.5. The predicted octanol–water partition coefficient (Wildman–Crippen LogP) is 1.59. The second-order valence-electron chi connectivity index (χ2n) is 7.51. The van der Waals surface area contributed by atoms with E-state index in [1.165, 1.54) is 41.7 Å². The minimum Gasteiger partial charge on any atom is -0.373 e. The minimum atomic E-state index is -0.463. The molecule has 154 valence electrons. The van der Waals surface area contributed by atoms with Crippen LogP contribution in [-0.2, 0) is 0 Å². The lowest BCUT2D eigenvalue weighted by Gasteiger charge is -2.54. The third-order valence-electron chi connectivity index (χ3n) is 5.87. The number of carbonyl (C=O) groups is 1. The summed E-state index contributed by atoms with van der Waals surface area (Å²) in [5.74, 6) is 1.43. The van der Waals surface area contributed by atoms with Gasteiger partial charge in [-0.3, -0.25) is 4.79 Å². The number of amides is 1. The summed E-state index contributed by atoms with van der Waals surface area (Å²) in [6.07, 6.45) is 5.49. The summed E-state index contributed by atoms with van der Waals surface area (Å²) in [5, 5.41) is 11.2. The Balaban J connectivity index is 1.39. The number of halogens is 1. The summed E-state index contributed by atoms with van der Waals surface area (Å²) in [5.41, 5.74) is 0.725. The predicted molar refractivity (Wildman–Crippen MR) is 108 cm³/mol. The van der Waals surface area contributed by atoms with Gasteiger partial charge < -0.3 is 15.1 Å². The van der Waals surface area contributed by atoms with E-state index in [0.717, 1.165) is 24.6 Å². The van der Waals surface area contributed by atoms with E-state index in [4.69, 9.17) is 0 Å². The molecule has 2 atom stereocenters. The van der Waals surface area contributed by atoms with Crippen molar-refractivity contribution in [2.75, 3.05) is 36.9 Å². The van der Waals surface area contributed by atoms with Crippen molar-refractivity contribution in [1.29, 1.82) is 0 Å². The highest BCUT2D eigenvalue weighted by Gasteiger charge is 2.44. The maximum Gasteiger partial charge on any atom is 0.256 e. The zero-order valence-electron chi connectivity index (χ0n) is 16.4. The average molecular weight is 408 g/mol. The lowest BCUT2D eigenvalue weighted by atomic mass is 9.82. The molecule has 2 saturated heterocycles. The summed E-state index contributed by atoms with van der Waals surface area (Å²) >= 11 is 0. The Morgan fingerprint density at radius 3 is 2.80 bits per heavy atom. The fourth-order valence-electron chi connectivity index (χ4n) is 4.25. The molecule has 0 bridgehead atoms. The molecule has 1 aromatic carbocycles. The molecule has 0 spiro atoms. The average Bonchev–Trinajstić information content (AvgIpc) is 3.29. The fraction of sp³-hybridized carbons (Fsp3) is 0.350. The van der Waals surface area contributed by atoms with Gasteiger partial charge in [-0.15, -0.1) is 0 Å². The van der Waals surface area contributed by atoms with Crippen LogP contribution in [0, 0.1) is 11.7 Å². The van der Waals surface area contributed by atoms with E-state index < -0.39 is 5.82 Å². The first-order chi connectivity index (χ1) is 14.6. The molecule has 1 unspecified atom stereocenters. The van der Waals surface area contributed by atoms with Gasteiger partial charge in [0.05, 0.1) is 29.7 Å². The van der Waals surface area contributed by atoms with Crippen LogP contribution in [0.4, 0.5) is 16.0 Å². The van der Waals surface area contributed by atoms with E-state index in [1.54, 1.807) is 4.90 Å². The third kappa shape index (κ3) is 3.14. The Bertz CT molecular complexity index is 1070. The smallest absolute Gasteiger partial charge is 0.256 e. The third-order valence-corrected chi connectivity index (χ3v) is 5.87. The van der Waals surface area contributed by atoms with E-state index in [-0.39, 0.29) is 17.5 Å². The maximum atomic E-state index is 14.0. The molecule has 2 aliphatic heterocycles. The number of piperidine rings is 1. The highest BCUT2D eigenvalue weighted by molar-refractivity contribution is 5.98. The van der Waals surface area contributed by atoms with Crippen LogP contribution in [-0.4, -0.2) is 68.5 Å². The number of hydrogen-bond donors (Lipinski definition) is 1. The Hall–Kier alpha value is -3.56. The first-order valence-corrected chi connectivity index (χ1v) is 9.86. The van der Waals surface area contributed by atoms with E-state index in [1.807, 2.05) is 13.1 Å². The number of hydrogen-bond acceptors (Lipinski definition) is 7. The Morgan fingerprint density at radius 1 is 1.17 bits per heavy atom. The molecule has 4 heterocycles. The lowest BCUT2D eigenvalue weighted by molar-refractivity contribution is 0.0590. The number of benzene rings is 1. The van der Waals surface area contributed by atoms with Crippen LogP contribution >= 0.6 is 0 Å². The largest absolute Gasteiger partial charge is 0.373 e. The standard InChI is InChI=1S/C20H21FN8O/c1-22-18-9-19(24-12-23-18)28-10-13-4-7-27(11-17(13)28)20(30)15-8-14(21)2-3-16(15)29-25-5-6-26-29/h2-3,5-6,8-9,12-13,17H,4,7,10-11H2,1H3,(H,22,23,24)/t13?,17-/m0/s1. The fourth-order valence-corrected chi connectivity index (χ4v) is 4.25. The molecule has 2 fully saturated rings. The maximum absolute atomic E-state index is 14.0. The van der Waals surface area contributed by atoms with Crippen LogP contribution in [0.1, 0.15) is 16.8 Å². The van der Waals surface area contributed by atoms with E-state index >= 15 is 0 Å². The van der Waals surface area contributed by atoms with Gasteiger partial charge in [0, 0.05) is 38.7 Å². The second kappa shape index (κ2) is 7.36. The summed E-state index contributed by atoms with van der Waals surface area (Å²) in [6, 6.07) is 6.19. The lowest BCUT2D eigenvalue weighted by Crippen LogP contribution is -2.65. The molecule has 5 rings (SSSR count). The zero-order valence-corrected chi connectivity index (χ0v) is 16.4. The van der Waals surface area contributed by atoms with Crippen molar-refractivity contribution in [1.82, 2.24) is 29.9 Å². The van der Waals surface area contributed by atoms with Crippen molar-refractivity contribution in [3.63, 3.8) is 0 Å². The monoisotopic (exact) mass is 408 g/mol. The number of rotatable bonds is 4. The molecule has 30 heavy (non-hydrogen) atoms. The molecule has 3 aromatic rings. The molecular weight excluding hydrogens is 387 g/mol. The number of anilines is 2. The van der Waals surface area contributed by atoms with Gasteiger partial charge in [-0.05, 0) is 24.6 Å². The number of carbonyl (C=O) groups excluding carboxylic acids is 1. The van der Waals surface area contributed by atoms with Gasteiger partial charge in [0.15, 0.2) is 0 Å². The van der Waals surface area contributed by atoms with Crippen molar-refractivity contribution in [2.24, 2.45) is 5.92 Å². The van der Waals surface area contributed by atoms with Crippen LogP contribution in [0.3, 0.4) is 0 Å². The highest BCUT2D eigenvalue weighted by Crippen LogP contribution is 2.36. The highest BCUT2D eigenvalue weighted by atomic mass is 19.1. The van der Waals surface area contributed by atoms with Crippen LogP contribution in [0.2, 0.25) is 0 Å². The van der Waals surface area contributed by atoms with Crippen molar-refractivity contribution in [3.05, 3.63) is 54.4 Å². The van der Waals surface area contributed by atoms with Crippen molar-refractivity contribution in [3.8, 4) is 5.69 Å². The number of fused-ring (bicyclic) bond motifs is 1. The van der Waals surface area contributed by atoms with E-state index in [9.17, 15) is 9.18 Å². The molecule has 9 nitrogen and oxygen atoms in total. The molecule has 1 N–H and O–H groups in total. The molecule has 1 amide bonds. The minimum absolute atomic E-state index is 0.183. The summed E-state index contributed by atoms with van der Waals surface area (Å²) in [6.45, 7) is 2.11. The molecule has 0 saturated carbocycles. The van der Waals surface area contributed by atoms with Gasteiger partial charge in [0.25, 0.3) is 5.91 Å². The normalized spacial score (nSPS) is 20.5.